The van der Waals surface area contributed by atoms with E-state index in [0.29, 0.717) is 18.3 Å². The second-order valence-corrected chi connectivity index (χ2v) is 3.70. The number of carbonyl (C=O) groups excluding carboxylic acids is 1. The number of rotatable bonds is 3. The minimum Gasteiger partial charge on any atom is -0.490 e. The number of hydrogen-bond donors (Lipinski definition) is 0. The molecule has 1 aliphatic heterocycles. The molecule has 0 aromatic heterocycles. The summed E-state index contributed by atoms with van der Waals surface area (Å²) in [7, 11) is 0. The Balaban J connectivity index is 1.97. The smallest absolute Gasteiger partial charge is 0.200 e. The Morgan fingerprint density at radius 3 is 2.92 bits per heavy atom. The van der Waals surface area contributed by atoms with Crippen molar-refractivity contribution >= 4 is 5.78 Å². The minimum absolute atomic E-state index is 0.189. The van der Waals surface area contributed by atoms with E-state index < -0.39 is 0 Å². The minimum atomic E-state index is 0.189. The average Bonchev–Trinajstić information content (AvgIpc) is 2.79. The summed E-state index contributed by atoms with van der Waals surface area (Å²) in [6.45, 7) is 2.71. The van der Waals surface area contributed by atoms with Crippen molar-refractivity contribution in [3.63, 3.8) is 0 Å². The average molecular weight is 166 g/mol. The van der Waals surface area contributed by atoms with Gasteiger partial charge >= 0.3 is 0 Å². The van der Waals surface area contributed by atoms with Crippen LogP contribution in [0.1, 0.15) is 26.2 Å². The molecule has 2 heteroatoms. The third kappa shape index (κ3) is 1.38. The second-order valence-electron chi connectivity index (χ2n) is 3.70. The fourth-order valence-corrected chi connectivity index (χ4v) is 1.62. The Kier molecular flexibility index (Phi) is 1.91. The first kappa shape index (κ1) is 7.84. The van der Waals surface area contributed by atoms with Crippen molar-refractivity contribution in [1.82, 2.24) is 0 Å². The molecule has 0 spiro atoms. The Morgan fingerprint density at radius 1 is 1.67 bits per heavy atom. The van der Waals surface area contributed by atoms with Crippen LogP contribution in [0.4, 0.5) is 0 Å². The summed E-state index contributed by atoms with van der Waals surface area (Å²) in [4.78, 5) is 11.6. The lowest BCUT2D eigenvalue weighted by Gasteiger charge is -2.08. The van der Waals surface area contributed by atoms with E-state index in [-0.39, 0.29) is 11.7 Å². The molecular formula is C10H14O2. The molecule has 1 unspecified atom stereocenters. The van der Waals surface area contributed by atoms with Crippen molar-refractivity contribution in [2.24, 2.45) is 11.8 Å². The molecule has 1 saturated carbocycles. The largest absolute Gasteiger partial charge is 0.490 e. The number of hydrogen-bond acceptors (Lipinski definition) is 2. The molecule has 0 aromatic rings. The summed E-state index contributed by atoms with van der Waals surface area (Å²) in [6.07, 6.45) is 5.26. The third-order valence-electron chi connectivity index (χ3n) is 2.69. The molecule has 0 N–H and O–H groups in total. The fourth-order valence-electron chi connectivity index (χ4n) is 1.62. The van der Waals surface area contributed by atoms with Crippen LogP contribution in [0.2, 0.25) is 0 Å². The molecule has 0 radical (unpaired) electrons. The highest BCUT2D eigenvalue weighted by Crippen LogP contribution is 2.38. The van der Waals surface area contributed by atoms with E-state index in [9.17, 15) is 4.79 Å². The predicted octanol–water partition coefficient (Wildman–Crippen LogP) is 1.91. The normalized spacial score (nSPS) is 24.6. The number of ether oxygens (including phenoxy) is 1. The molecule has 1 atom stereocenters. The molecule has 0 saturated heterocycles. The maximum Gasteiger partial charge on any atom is 0.200 e. The third-order valence-corrected chi connectivity index (χ3v) is 2.69. The topological polar surface area (TPSA) is 26.3 Å². The van der Waals surface area contributed by atoms with Crippen LogP contribution in [0.25, 0.3) is 0 Å². The van der Waals surface area contributed by atoms with Crippen LogP contribution in [-0.2, 0) is 9.53 Å². The van der Waals surface area contributed by atoms with Crippen molar-refractivity contribution in [3.05, 3.63) is 11.8 Å². The van der Waals surface area contributed by atoms with E-state index in [1.807, 2.05) is 13.0 Å². The Hall–Kier alpha value is -0.790. The van der Waals surface area contributed by atoms with E-state index in [1.54, 1.807) is 0 Å². The molecule has 0 aromatic carbocycles. The molecule has 2 aliphatic rings. The SMILES string of the molecule is CC(C(=O)C1=CCCO1)C1CC1. The van der Waals surface area contributed by atoms with Gasteiger partial charge in [0.1, 0.15) is 0 Å². The van der Waals surface area contributed by atoms with Crippen molar-refractivity contribution in [2.45, 2.75) is 26.2 Å². The van der Waals surface area contributed by atoms with E-state index >= 15 is 0 Å². The monoisotopic (exact) mass is 166 g/mol. The molecule has 1 aliphatic carbocycles. The van der Waals surface area contributed by atoms with Crippen LogP contribution >= 0.6 is 0 Å². The van der Waals surface area contributed by atoms with Crippen molar-refractivity contribution < 1.29 is 9.53 Å². The summed E-state index contributed by atoms with van der Waals surface area (Å²) in [5, 5.41) is 0. The lowest BCUT2D eigenvalue weighted by Crippen LogP contribution is -2.15. The second kappa shape index (κ2) is 2.92. The highest BCUT2D eigenvalue weighted by Gasteiger charge is 2.34. The van der Waals surface area contributed by atoms with Gasteiger partial charge in [0.25, 0.3) is 0 Å². The van der Waals surface area contributed by atoms with Crippen molar-refractivity contribution in [1.29, 1.82) is 0 Å². The van der Waals surface area contributed by atoms with Crippen molar-refractivity contribution in [3.8, 4) is 0 Å². The predicted molar refractivity (Wildman–Crippen MR) is 45.5 cm³/mol. The van der Waals surface area contributed by atoms with Gasteiger partial charge < -0.3 is 4.74 Å². The van der Waals surface area contributed by atoms with E-state index in [2.05, 4.69) is 0 Å². The maximum absolute atomic E-state index is 11.6. The van der Waals surface area contributed by atoms with Gasteiger partial charge in [-0.1, -0.05) is 6.92 Å². The number of carbonyl (C=O) groups is 1. The lowest BCUT2D eigenvalue weighted by atomic mass is 9.99. The van der Waals surface area contributed by atoms with Gasteiger partial charge in [-0.15, -0.1) is 0 Å². The summed E-state index contributed by atoms with van der Waals surface area (Å²) in [5.41, 5.74) is 0. The Labute approximate surface area is 72.6 Å². The van der Waals surface area contributed by atoms with E-state index in [1.165, 1.54) is 12.8 Å². The molecule has 1 heterocycles. The van der Waals surface area contributed by atoms with Crippen molar-refractivity contribution in [2.75, 3.05) is 6.61 Å². The highest BCUT2D eigenvalue weighted by atomic mass is 16.5. The molecule has 0 amide bonds. The van der Waals surface area contributed by atoms with Crippen LogP contribution in [0, 0.1) is 11.8 Å². The summed E-state index contributed by atoms with van der Waals surface area (Å²) in [6, 6.07) is 0. The van der Waals surface area contributed by atoms with Gasteiger partial charge in [-0.25, -0.2) is 0 Å². The number of allylic oxidation sites excluding steroid dienone is 1. The summed E-state index contributed by atoms with van der Waals surface area (Å²) < 4.78 is 5.23. The van der Waals surface area contributed by atoms with Gasteiger partial charge in [-0.05, 0) is 24.8 Å². The molecule has 66 valence electrons. The van der Waals surface area contributed by atoms with Crippen LogP contribution in [0.5, 0.6) is 0 Å². The first-order chi connectivity index (χ1) is 5.79. The highest BCUT2D eigenvalue weighted by molar-refractivity contribution is 5.95. The summed E-state index contributed by atoms with van der Waals surface area (Å²) >= 11 is 0. The molecule has 0 bridgehead atoms. The first-order valence-electron chi connectivity index (χ1n) is 4.66. The molecule has 12 heavy (non-hydrogen) atoms. The Bertz CT molecular complexity index is 226. The lowest BCUT2D eigenvalue weighted by molar-refractivity contribution is -0.122. The Morgan fingerprint density at radius 2 is 2.42 bits per heavy atom. The molecule has 2 rings (SSSR count). The van der Waals surface area contributed by atoms with Gasteiger partial charge in [-0.2, -0.15) is 0 Å². The zero-order valence-electron chi connectivity index (χ0n) is 7.38. The molecule has 2 nitrogen and oxygen atoms in total. The molecule has 1 fully saturated rings. The van der Waals surface area contributed by atoms with Crippen LogP contribution < -0.4 is 0 Å². The standard InChI is InChI=1S/C10H14O2/c1-7(8-4-5-8)10(11)9-3-2-6-12-9/h3,7-8H,2,4-6H2,1H3. The fraction of sp³-hybridized carbons (Fsp3) is 0.700. The maximum atomic E-state index is 11.6. The number of ketones is 1. The zero-order chi connectivity index (χ0) is 8.55. The van der Waals surface area contributed by atoms with E-state index in [4.69, 9.17) is 4.74 Å². The molecular weight excluding hydrogens is 152 g/mol. The van der Waals surface area contributed by atoms with Gasteiger partial charge in [0, 0.05) is 12.3 Å². The van der Waals surface area contributed by atoms with Gasteiger partial charge in [0.05, 0.1) is 6.61 Å². The quantitative estimate of drug-likeness (QED) is 0.640. The van der Waals surface area contributed by atoms with E-state index in [0.717, 1.165) is 6.42 Å². The van der Waals surface area contributed by atoms with Crippen LogP contribution in [0.15, 0.2) is 11.8 Å². The van der Waals surface area contributed by atoms with Crippen LogP contribution in [-0.4, -0.2) is 12.4 Å². The first-order valence-corrected chi connectivity index (χ1v) is 4.66. The number of Topliss-reactive ketones (excluding diaryl/α,β-unsaturated/α-hetero) is 1. The van der Waals surface area contributed by atoms with Gasteiger partial charge in [0.2, 0.25) is 0 Å². The zero-order valence-corrected chi connectivity index (χ0v) is 7.38. The van der Waals surface area contributed by atoms with Crippen LogP contribution in [0.3, 0.4) is 0 Å². The van der Waals surface area contributed by atoms with Gasteiger partial charge in [-0.3, -0.25) is 4.79 Å². The van der Waals surface area contributed by atoms with Gasteiger partial charge in [0.15, 0.2) is 11.5 Å². The summed E-state index contributed by atoms with van der Waals surface area (Å²) in [5.74, 6) is 1.67.